The van der Waals surface area contributed by atoms with Gasteiger partial charge in [-0.1, -0.05) is 0 Å². The molecule has 0 aliphatic carbocycles. The summed E-state index contributed by atoms with van der Waals surface area (Å²) >= 11 is 0. The number of hydrogen-bond acceptors (Lipinski definition) is 5. The smallest absolute Gasteiger partial charge is 0.154 e. The standard InChI is InChI=1S/C12H21N3O3S/c1-9-6-10(2)15(14-9)5-3-4-13-11-7-19(17,18)8-12(11)16/h6,11-13,16H,3-5,7-8H2,1-2H3. The van der Waals surface area contributed by atoms with Crippen LogP contribution in [0.1, 0.15) is 17.8 Å². The Hall–Kier alpha value is -0.920. The van der Waals surface area contributed by atoms with E-state index < -0.39 is 15.9 Å². The molecule has 0 spiro atoms. The number of rotatable bonds is 5. The Morgan fingerprint density at radius 1 is 1.47 bits per heavy atom. The zero-order chi connectivity index (χ0) is 14.0. The first-order valence-corrected chi connectivity index (χ1v) is 8.32. The van der Waals surface area contributed by atoms with Crippen LogP contribution in [0.2, 0.25) is 0 Å². The Labute approximate surface area is 113 Å². The van der Waals surface area contributed by atoms with Crippen LogP contribution in [0.25, 0.3) is 0 Å². The highest BCUT2D eigenvalue weighted by Crippen LogP contribution is 2.12. The van der Waals surface area contributed by atoms with Crippen molar-refractivity contribution in [3.63, 3.8) is 0 Å². The second-order valence-corrected chi connectivity index (χ2v) is 7.36. The van der Waals surface area contributed by atoms with Gasteiger partial charge in [0.15, 0.2) is 9.84 Å². The van der Waals surface area contributed by atoms with Gasteiger partial charge in [0.25, 0.3) is 0 Å². The Morgan fingerprint density at radius 3 is 2.74 bits per heavy atom. The van der Waals surface area contributed by atoms with E-state index in [2.05, 4.69) is 10.4 Å². The Bertz CT molecular complexity index is 538. The number of nitrogens with zero attached hydrogens (tertiary/aromatic N) is 2. The molecule has 0 amide bonds. The molecule has 1 fully saturated rings. The average Bonchev–Trinajstić information content (AvgIpc) is 2.73. The maximum Gasteiger partial charge on any atom is 0.154 e. The molecule has 108 valence electrons. The summed E-state index contributed by atoms with van der Waals surface area (Å²) in [6, 6.07) is 1.70. The molecular formula is C12H21N3O3S. The Balaban J connectivity index is 1.74. The minimum atomic E-state index is -3.07. The summed E-state index contributed by atoms with van der Waals surface area (Å²) < 4.78 is 24.6. The monoisotopic (exact) mass is 287 g/mol. The first-order valence-electron chi connectivity index (χ1n) is 6.50. The van der Waals surface area contributed by atoms with Gasteiger partial charge in [-0.25, -0.2) is 8.42 Å². The summed E-state index contributed by atoms with van der Waals surface area (Å²) in [5.74, 6) is -0.0871. The second kappa shape index (κ2) is 5.60. The third-order valence-electron chi connectivity index (χ3n) is 3.38. The fraction of sp³-hybridized carbons (Fsp3) is 0.750. The minimum Gasteiger partial charge on any atom is -0.390 e. The molecule has 2 atom stereocenters. The van der Waals surface area contributed by atoms with E-state index in [0.717, 1.165) is 24.4 Å². The van der Waals surface area contributed by atoms with Gasteiger partial charge in [0.2, 0.25) is 0 Å². The number of aliphatic hydroxyl groups is 1. The van der Waals surface area contributed by atoms with Gasteiger partial charge in [0.1, 0.15) is 0 Å². The second-order valence-electron chi connectivity index (χ2n) is 5.21. The van der Waals surface area contributed by atoms with Gasteiger partial charge in [-0.15, -0.1) is 0 Å². The molecule has 1 aromatic rings. The normalized spacial score (nSPS) is 25.8. The van der Waals surface area contributed by atoms with Crippen molar-refractivity contribution >= 4 is 9.84 Å². The first-order chi connectivity index (χ1) is 8.87. The van der Waals surface area contributed by atoms with Crippen molar-refractivity contribution in [3.05, 3.63) is 17.5 Å². The lowest BCUT2D eigenvalue weighted by Crippen LogP contribution is -2.39. The van der Waals surface area contributed by atoms with E-state index in [4.69, 9.17) is 0 Å². The molecule has 2 heterocycles. The molecule has 6 nitrogen and oxygen atoms in total. The van der Waals surface area contributed by atoms with Crippen LogP contribution in [-0.2, 0) is 16.4 Å². The van der Waals surface area contributed by atoms with E-state index in [0.29, 0.717) is 6.54 Å². The molecule has 2 rings (SSSR count). The Morgan fingerprint density at radius 2 is 2.21 bits per heavy atom. The maximum atomic E-state index is 11.3. The summed E-state index contributed by atoms with van der Waals surface area (Å²) in [4.78, 5) is 0. The van der Waals surface area contributed by atoms with Crippen LogP contribution in [0.4, 0.5) is 0 Å². The molecule has 0 radical (unpaired) electrons. The summed E-state index contributed by atoms with van der Waals surface area (Å²) in [5, 5.41) is 17.1. The molecule has 19 heavy (non-hydrogen) atoms. The quantitative estimate of drug-likeness (QED) is 0.722. The minimum absolute atomic E-state index is 0.0358. The van der Waals surface area contributed by atoms with Gasteiger partial charge in [-0.05, 0) is 32.9 Å². The molecule has 1 aromatic heterocycles. The number of aromatic nitrogens is 2. The van der Waals surface area contributed by atoms with E-state index in [1.54, 1.807) is 0 Å². The molecule has 2 unspecified atom stereocenters. The molecule has 1 aliphatic heterocycles. The molecule has 0 aromatic carbocycles. The molecule has 2 N–H and O–H groups in total. The SMILES string of the molecule is Cc1cc(C)n(CCCNC2CS(=O)(=O)CC2O)n1. The zero-order valence-corrected chi connectivity index (χ0v) is 12.2. The van der Waals surface area contributed by atoms with Gasteiger partial charge < -0.3 is 10.4 Å². The van der Waals surface area contributed by atoms with Crippen LogP contribution >= 0.6 is 0 Å². The van der Waals surface area contributed by atoms with Crippen LogP contribution in [-0.4, -0.2) is 53.5 Å². The maximum absolute atomic E-state index is 11.3. The van der Waals surface area contributed by atoms with Crippen LogP contribution < -0.4 is 5.32 Å². The summed E-state index contributed by atoms with van der Waals surface area (Å²) in [6.45, 7) is 5.44. The van der Waals surface area contributed by atoms with E-state index in [1.807, 2.05) is 24.6 Å². The molecular weight excluding hydrogens is 266 g/mol. The van der Waals surface area contributed by atoms with Crippen molar-refractivity contribution in [2.45, 2.75) is 39.0 Å². The average molecular weight is 287 g/mol. The van der Waals surface area contributed by atoms with Crippen LogP contribution in [0, 0.1) is 13.8 Å². The molecule has 1 saturated heterocycles. The van der Waals surface area contributed by atoms with Crippen molar-refractivity contribution < 1.29 is 13.5 Å². The topological polar surface area (TPSA) is 84.2 Å². The highest BCUT2D eigenvalue weighted by atomic mass is 32.2. The number of hydrogen-bond donors (Lipinski definition) is 2. The fourth-order valence-corrected chi connectivity index (χ4v) is 4.22. The molecule has 1 aliphatic rings. The van der Waals surface area contributed by atoms with Gasteiger partial charge in [-0.3, -0.25) is 4.68 Å². The van der Waals surface area contributed by atoms with E-state index in [-0.39, 0.29) is 17.5 Å². The molecule has 0 saturated carbocycles. The summed E-state index contributed by atoms with van der Waals surface area (Å²) in [6.07, 6.45) is 0.0734. The molecule has 0 bridgehead atoms. The number of nitrogens with one attached hydrogen (secondary N) is 1. The van der Waals surface area contributed by atoms with Gasteiger partial charge in [-0.2, -0.15) is 5.10 Å². The van der Waals surface area contributed by atoms with E-state index in [1.165, 1.54) is 0 Å². The predicted octanol–water partition coefficient (Wildman–Crippen LogP) is -0.362. The fourth-order valence-electron chi connectivity index (χ4n) is 2.44. The van der Waals surface area contributed by atoms with Crippen LogP contribution in [0.5, 0.6) is 0 Å². The highest BCUT2D eigenvalue weighted by molar-refractivity contribution is 7.91. The summed E-state index contributed by atoms with van der Waals surface area (Å²) in [7, 11) is -3.07. The van der Waals surface area contributed by atoms with Crippen molar-refractivity contribution in [1.82, 2.24) is 15.1 Å². The van der Waals surface area contributed by atoms with Crippen LogP contribution in [0.15, 0.2) is 6.07 Å². The predicted molar refractivity (Wildman–Crippen MR) is 72.8 cm³/mol. The highest BCUT2D eigenvalue weighted by Gasteiger charge is 2.35. The van der Waals surface area contributed by atoms with Gasteiger partial charge >= 0.3 is 0 Å². The van der Waals surface area contributed by atoms with Gasteiger partial charge in [0, 0.05) is 18.3 Å². The van der Waals surface area contributed by atoms with Crippen molar-refractivity contribution in [2.75, 3.05) is 18.1 Å². The third-order valence-corrected chi connectivity index (χ3v) is 5.10. The third kappa shape index (κ3) is 3.77. The lowest BCUT2D eigenvalue weighted by Gasteiger charge is -2.14. The zero-order valence-electron chi connectivity index (χ0n) is 11.3. The van der Waals surface area contributed by atoms with Crippen molar-refractivity contribution in [2.24, 2.45) is 0 Å². The number of sulfone groups is 1. The summed E-state index contributed by atoms with van der Waals surface area (Å²) in [5.41, 5.74) is 2.13. The van der Waals surface area contributed by atoms with E-state index in [9.17, 15) is 13.5 Å². The first kappa shape index (κ1) is 14.5. The number of aliphatic hydroxyl groups excluding tert-OH is 1. The van der Waals surface area contributed by atoms with Crippen molar-refractivity contribution in [1.29, 1.82) is 0 Å². The lowest BCUT2D eigenvalue weighted by molar-refractivity contribution is 0.166. The molecule has 7 heteroatoms. The largest absolute Gasteiger partial charge is 0.390 e. The van der Waals surface area contributed by atoms with Crippen LogP contribution in [0.3, 0.4) is 0 Å². The van der Waals surface area contributed by atoms with Gasteiger partial charge in [0.05, 0.1) is 23.3 Å². The van der Waals surface area contributed by atoms with Crippen molar-refractivity contribution in [3.8, 4) is 0 Å². The lowest BCUT2D eigenvalue weighted by atomic mass is 10.2. The number of aryl methyl sites for hydroxylation is 3. The Kier molecular flexibility index (Phi) is 4.27. The van der Waals surface area contributed by atoms with E-state index >= 15 is 0 Å².